The summed E-state index contributed by atoms with van der Waals surface area (Å²) in [6, 6.07) is 19.3. The van der Waals surface area contributed by atoms with Crippen molar-refractivity contribution in [1.82, 2.24) is 0 Å². The molecule has 0 saturated carbocycles. The van der Waals surface area contributed by atoms with Crippen molar-refractivity contribution in [2.24, 2.45) is 0 Å². The van der Waals surface area contributed by atoms with Crippen LogP contribution in [0.15, 0.2) is 60.7 Å². The van der Waals surface area contributed by atoms with E-state index in [2.05, 4.69) is 12.1 Å². The van der Waals surface area contributed by atoms with E-state index < -0.39 is 0 Å². The maximum Gasteiger partial charge on any atom is 0.194 e. The van der Waals surface area contributed by atoms with Gasteiger partial charge < -0.3 is 0 Å². The molecule has 3 aromatic rings. The van der Waals surface area contributed by atoms with Crippen molar-refractivity contribution in [1.29, 1.82) is 0 Å². The predicted molar refractivity (Wildman–Crippen MR) is 92.6 cm³/mol. The lowest BCUT2D eigenvalue weighted by Crippen LogP contribution is -2.22. The zero-order chi connectivity index (χ0) is 16.3. The molecule has 0 heterocycles. The largest absolute Gasteiger partial charge is 0.289 e. The number of carbonyl (C=O) groups is 2. The van der Waals surface area contributed by atoms with Crippen LogP contribution in [-0.4, -0.2) is 11.6 Å². The Hall–Kier alpha value is -3.00. The second-order valence-electron chi connectivity index (χ2n) is 6.42. The minimum atomic E-state index is -0.0499. The first-order valence-electron chi connectivity index (χ1n) is 8.17. The second-order valence-corrected chi connectivity index (χ2v) is 6.42. The average molecular weight is 310 g/mol. The Labute approximate surface area is 139 Å². The molecule has 0 saturated heterocycles. The Bertz CT molecular complexity index is 1040. The van der Waals surface area contributed by atoms with E-state index >= 15 is 0 Å². The van der Waals surface area contributed by atoms with Gasteiger partial charge >= 0.3 is 0 Å². The van der Waals surface area contributed by atoms with Gasteiger partial charge in [0.05, 0.1) is 0 Å². The van der Waals surface area contributed by atoms with Gasteiger partial charge in [0.2, 0.25) is 0 Å². The number of ketones is 2. The van der Waals surface area contributed by atoms with Gasteiger partial charge in [0.1, 0.15) is 0 Å². The van der Waals surface area contributed by atoms with Crippen LogP contribution in [-0.2, 0) is 12.8 Å². The Morgan fingerprint density at radius 2 is 1.04 bits per heavy atom. The van der Waals surface area contributed by atoms with Crippen LogP contribution in [0.1, 0.15) is 43.0 Å². The topological polar surface area (TPSA) is 34.1 Å². The van der Waals surface area contributed by atoms with Crippen LogP contribution >= 0.6 is 0 Å². The molecule has 0 atom stereocenters. The summed E-state index contributed by atoms with van der Waals surface area (Å²) in [4.78, 5) is 25.7. The third kappa shape index (κ3) is 1.71. The first kappa shape index (κ1) is 13.4. The van der Waals surface area contributed by atoms with E-state index in [4.69, 9.17) is 0 Å². The van der Waals surface area contributed by atoms with Gasteiger partial charge in [0.25, 0.3) is 0 Å². The number of aryl methyl sites for hydroxylation is 2. The first-order chi connectivity index (χ1) is 11.7. The van der Waals surface area contributed by atoms with Crippen molar-refractivity contribution < 1.29 is 9.59 Å². The Morgan fingerprint density at radius 1 is 0.500 bits per heavy atom. The van der Waals surface area contributed by atoms with Crippen molar-refractivity contribution in [3.8, 4) is 11.1 Å². The Morgan fingerprint density at radius 3 is 1.75 bits per heavy atom. The number of carbonyl (C=O) groups excluding carboxylic acids is 2. The van der Waals surface area contributed by atoms with Gasteiger partial charge in [-0.3, -0.25) is 9.59 Å². The van der Waals surface area contributed by atoms with Crippen LogP contribution in [0.2, 0.25) is 0 Å². The molecular formula is C22H14O2. The molecular weight excluding hydrogens is 296 g/mol. The molecule has 0 amide bonds. The van der Waals surface area contributed by atoms with Gasteiger partial charge in [-0.15, -0.1) is 0 Å². The van der Waals surface area contributed by atoms with Crippen molar-refractivity contribution in [2.75, 3.05) is 0 Å². The van der Waals surface area contributed by atoms with Crippen molar-refractivity contribution in [3.05, 3.63) is 94.0 Å². The van der Waals surface area contributed by atoms with Crippen LogP contribution in [0.3, 0.4) is 0 Å². The molecule has 0 bridgehead atoms. The minimum absolute atomic E-state index is 0.0399. The Balaban J connectivity index is 1.78. The average Bonchev–Trinajstić information content (AvgIpc) is 2.65. The summed E-state index contributed by atoms with van der Waals surface area (Å²) in [5.74, 6) is -0.0899. The van der Waals surface area contributed by atoms with Crippen LogP contribution in [0, 0.1) is 0 Å². The van der Waals surface area contributed by atoms with E-state index in [-0.39, 0.29) is 11.6 Å². The molecule has 0 aliphatic heterocycles. The third-order valence-corrected chi connectivity index (χ3v) is 5.12. The maximum atomic E-state index is 12.9. The van der Waals surface area contributed by atoms with E-state index in [1.165, 1.54) is 11.1 Å². The fourth-order valence-corrected chi connectivity index (χ4v) is 3.92. The summed E-state index contributed by atoms with van der Waals surface area (Å²) in [6.07, 6.45) is 1.88. The summed E-state index contributed by atoms with van der Waals surface area (Å²) in [5.41, 5.74) is 6.86. The summed E-state index contributed by atoms with van der Waals surface area (Å²) >= 11 is 0. The fraction of sp³-hybridized carbons (Fsp3) is 0.0909. The molecule has 0 aromatic heterocycles. The number of hydrogen-bond acceptors (Lipinski definition) is 2. The van der Waals surface area contributed by atoms with Gasteiger partial charge in [-0.05, 0) is 47.2 Å². The number of benzene rings is 3. The van der Waals surface area contributed by atoms with Gasteiger partial charge in [-0.1, -0.05) is 48.5 Å². The molecule has 2 nitrogen and oxygen atoms in total. The zero-order valence-electron chi connectivity index (χ0n) is 13.0. The molecule has 114 valence electrons. The summed E-state index contributed by atoms with van der Waals surface area (Å²) in [6.45, 7) is 0. The summed E-state index contributed by atoms with van der Waals surface area (Å²) in [7, 11) is 0. The zero-order valence-corrected chi connectivity index (χ0v) is 13.0. The first-order valence-corrected chi connectivity index (χ1v) is 8.17. The molecule has 2 heteroatoms. The predicted octanol–water partition coefficient (Wildman–Crippen LogP) is 4.23. The van der Waals surface area contributed by atoms with E-state index in [1.54, 1.807) is 12.1 Å². The molecule has 0 spiro atoms. The highest BCUT2D eigenvalue weighted by Crippen LogP contribution is 2.38. The van der Waals surface area contributed by atoms with E-state index in [1.807, 2.05) is 36.4 Å². The SMILES string of the molecule is O=C1c2ccccc2C(=O)c2cc3c(cc21)CCc1ccccc1-3. The lowest BCUT2D eigenvalue weighted by molar-refractivity contribution is 0.0979. The van der Waals surface area contributed by atoms with Gasteiger partial charge in [-0.25, -0.2) is 0 Å². The molecule has 5 rings (SSSR count). The summed E-state index contributed by atoms with van der Waals surface area (Å²) in [5, 5.41) is 0. The standard InChI is InChI=1S/C22H14O2/c23-21-16-7-3-4-8-17(16)22(24)20-12-18-14(11-19(20)21)10-9-13-5-1-2-6-15(13)18/h1-8,11-12H,9-10H2. The highest BCUT2D eigenvalue weighted by atomic mass is 16.1. The third-order valence-electron chi connectivity index (χ3n) is 5.12. The molecule has 24 heavy (non-hydrogen) atoms. The molecule has 2 aliphatic rings. The molecule has 3 aromatic carbocycles. The lowest BCUT2D eigenvalue weighted by Gasteiger charge is -2.24. The smallest absolute Gasteiger partial charge is 0.194 e. The lowest BCUT2D eigenvalue weighted by atomic mass is 9.78. The van der Waals surface area contributed by atoms with Gasteiger partial charge in [0, 0.05) is 22.3 Å². The second kappa shape index (κ2) is 4.75. The van der Waals surface area contributed by atoms with Crippen molar-refractivity contribution in [2.45, 2.75) is 12.8 Å². The number of hydrogen-bond donors (Lipinski definition) is 0. The summed E-state index contributed by atoms with van der Waals surface area (Å²) < 4.78 is 0. The van der Waals surface area contributed by atoms with Crippen LogP contribution in [0.4, 0.5) is 0 Å². The molecule has 0 fully saturated rings. The molecule has 0 unspecified atom stereocenters. The van der Waals surface area contributed by atoms with Gasteiger partial charge in [0.15, 0.2) is 11.6 Å². The highest BCUT2D eigenvalue weighted by molar-refractivity contribution is 6.28. The molecule has 2 aliphatic carbocycles. The quantitative estimate of drug-likeness (QED) is 0.487. The maximum absolute atomic E-state index is 12.9. The number of rotatable bonds is 0. The van der Waals surface area contributed by atoms with Gasteiger partial charge in [-0.2, -0.15) is 0 Å². The van der Waals surface area contributed by atoms with Crippen LogP contribution < -0.4 is 0 Å². The van der Waals surface area contributed by atoms with E-state index in [0.29, 0.717) is 22.3 Å². The van der Waals surface area contributed by atoms with Crippen molar-refractivity contribution >= 4 is 11.6 Å². The fourth-order valence-electron chi connectivity index (χ4n) is 3.92. The van der Waals surface area contributed by atoms with Crippen molar-refractivity contribution in [3.63, 3.8) is 0 Å². The monoisotopic (exact) mass is 310 g/mol. The van der Waals surface area contributed by atoms with E-state index in [0.717, 1.165) is 24.0 Å². The highest BCUT2D eigenvalue weighted by Gasteiger charge is 2.31. The minimum Gasteiger partial charge on any atom is -0.289 e. The molecule has 0 radical (unpaired) electrons. The number of fused-ring (bicyclic) bond motifs is 5. The molecule has 0 N–H and O–H groups in total. The Kier molecular flexibility index (Phi) is 2.66. The van der Waals surface area contributed by atoms with Crippen LogP contribution in [0.5, 0.6) is 0 Å². The normalized spacial score (nSPS) is 14.5. The van der Waals surface area contributed by atoms with Crippen LogP contribution in [0.25, 0.3) is 11.1 Å². The van der Waals surface area contributed by atoms with E-state index in [9.17, 15) is 9.59 Å².